The van der Waals surface area contributed by atoms with E-state index in [1.54, 1.807) is 0 Å². The monoisotopic (exact) mass is 242 g/mol. The standard InChI is InChI=1S/C13H14N4O/c18-12-10-7-14-8-11(10)16-13(17-12)15-6-9-4-2-1-3-5-9/h1-5,14H,6-8H2,(H2,15,16,17,18). The van der Waals surface area contributed by atoms with Gasteiger partial charge >= 0.3 is 0 Å². The van der Waals surface area contributed by atoms with Crippen molar-refractivity contribution in [3.63, 3.8) is 0 Å². The van der Waals surface area contributed by atoms with E-state index in [0.717, 1.165) is 16.8 Å². The first-order valence-corrected chi connectivity index (χ1v) is 5.93. The first kappa shape index (κ1) is 11.0. The van der Waals surface area contributed by atoms with Crippen molar-refractivity contribution in [2.45, 2.75) is 19.6 Å². The van der Waals surface area contributed by atoms with Crippen LogP contribution in [0.15, 0.2) is 35.1 Å². The van der Waals surface area contributed by atoms with Gasteiger partial charge in [-0.1, -0.05) is 30.3 Å². The summed E-state index contributed by atoms with van der Waals surface area (Å²) in [6, 6.07) is 10.0. The largest absolute Gasteiger partial charge is 0.352 e. The van der Waals surface area contributed by atoms with Gasteiger partial charge in [0.05, 0.1) is 11.3 Å². The van der Waals surface area contributed by atoms with E-state index in [1.165, 1.54) is 0 Å². The average molecular weight is 242 g/mol. The molecule has 18 heavy (non-hydrogen) atoms. The SMILES string of the molecule is O=c1[nH]c(NCc2ccccc2)nc2c1CNC2. The van der Waals surface area contributed by atoms with E-state index in [0.29, 0.717) is 25.6 Å². The third-order valence-electron chi connectivity index (χ3n) is 3.00. The van der Waals surface area contributed by atoms with Crippen molar-refractivity contribution >= 4 is 5.95 Å². The number of benzene rings is 1. The zero-order valence-electron chi connectivity index (χ0n) is 9.86. The number of aromatic nitrogens is 2. The van der Waals surface area contributed by atoms with Crippen molar-refractivity contribution in [3.8, 4) is 0 Å². The van der Waals surface area contributed by atoms with Gasteiger partial charge in [0.15, 0.2) is 0 Å². The predicted octanol–water partition coefficient (Wildman–Crippen LogP) is 0.985. The van der Waals surface area contributed by atoms with Crippen LogP contribution in [-0.2, 0) is 19.6 Å². The predicted molar refractivity (Wildman–Crippen MR) is 69.2 cm³/mol. The number of nitrogens with zero attached hydrogens (tertiary/aromatic N) is 1. The Morgan fingerprint density at radius 1 is 1.22 bits per heavy atom. The molecule has 0 radical (unpaired) electrons. The van der Waals surface area contributed by atoms with E-state index in [9.17, 15) is 4.79 Å². The highest BCUT2D eigenvalue weighted by Gasteiger charge is 2.16. The minimum atomic E-state index is -0.0550. The van der Waals surface area contributed by atoms with Gasteiger partial charge in [-0.2, -0.15) is 0 Å². The number of anilines is 1. The molecule has 0 amide bonds. The van der Waals surface area contributed by atoms with Gasteiger partial charge < -0.3 is 10.6 Å². The Kier molecular flexibility index (Phi) is 2.82. The van der Waals surface area contributed by atoms with Crippen LogP contribution in [0.2, 0.25) is 0 Å². The quantitative estimate of drug-likeness (QED) is 0.750. The molecular formula is C13H14N4O. The highest BCUT2D eigenvalue weighted by atomic mass is 16.1. The molecule has 0 fully saturated rings. The molecule has 1 aromatic carbocycles. The van der Waals surface area contributed by atoms with Crippen LogP contribution in [-0.4, -0.2) is 9.97 Å². The normalized spacial score (nSPS) is 13.3. The fraction of sp³-hybridized carbons (Fsp3) is 0.231. The number of hydrogen-bond donors (Lipinski definition) is 3. The smallest absolute Gasteiger partial charge is 0.257 e. The highest BCUT2D eigenvalue weighted by molar-refractivity contribution is 5.32. The molecule has 5 nitrogen and oxygen atoms in total. The molecule has 1 aliphatic heterocycles. The van der Waals surface area contributed by atoms with Crippen LogP contribution in [0, 0.1) is 0 Å². The summed E-state index contributed by atoms with van der Waals surface area (Å²) in [4.78, 5) is 18.9. The summed E-state index contributed by atoms with van der Waals surface area (Å²) >= 11 is 0. The fourth-order valence-corrected chi connectivity index (χ4v) is 2.04. The number of hydrogen-bond acceptors (Lipinski definition) is 4. The van der Waals surface area contributed by atoms with Crippen LogP contribution in [0.1, 0.15) is 16.8 Å². The highest BCUT2D eigenvalue weighted by Crippen LogP contribution is 2.10. The van der Waals surface area contributed by atoms with Crippen molar-refractivity contribution in [1.82, 2.24) is 15.3 Å². The number of nitrogens with one attached hydrogen (secondary N) is 3. The molecule has 0 atom stereocenters. The van der Waals surface area contributed by atoms with Gasteiger partial charge in [0.25, 0.3) is 5.56 Å². The fourth-order valence-electron chi connectivity index (χ4n) is 2.04. The molecule has 3 N–H and O–H groups in total. The lowest BCUT2D eigenvalue weighted by molar-refractivity contribution is 0.756. The van der Waals surface area contributed by atoms with E-state index < -0.39 is 0 Å². The Balaban J connectivity index is 1.78. The lowest BCUT2D eigenvalue weighted by Crippen LogP contribution is -2.17. The Morgan fingerprint density at radius 3 is 2.89 bits per heavy atom. The molecule has 0 saturated heterocycles. The van der Waals surface area contributed by atoms with Crippen LogP contribution in [0.4, 0.5) is 5.95 Å². The van der Waals surface area contributed by atoms with Crippen LogP contribution in [0.5, 0.6) is 0 Å². The first-order chi connectivity index (χ1) is 8.83. The van der Waals surface area contributed by atoms with E-state index in [1.807, 2.05) is 30.3 Å². The van der Waals surface area contributed by atoms with E-state index in [-0.39, 0.29) is 5.56 Å². The number of rotatable bonds is 3. The molecule has 0 saturated carbocycles. The third-order valence-corrected chi connectivity index (χ3v) is 3.00. The van der Waals surface area contributed by atoms with E-state index >= 15 is 0 Å². The summed E-state index contributed by atoms with van der Waals surface area (Å²) in [6.07, 6.45) is 0. The molecule has 0 bridgehead atoms. The molecule has 0 unspecified atom stereocenters. The molecule has 5 heteroatoms. The molecule has 2 aromatic rings. The lowest BCUT2D eigenvalue weighted by atomic mass is 10.2. The summed E-state index contributed by atoms with van der Waals surface area (Å²) in [5.74, 6) is 0.534. The van der Waals surface area contributed by atoms with Gasteiger partial charge in [0.1, 0.15) is 0 Å². The summed E-state index contributed by atoms with van der Waals surface area (Å²) in [5.41, 5.74) is 2.69. The maximum absolute atomic E-state index is 11.8. The lowest BCUT2D eigenvalue weighted by Gasteiger charge is -2.06. The Hall–Kier alpha value is -2.14. The van der Waals surface area contributed by atoms with Gasteiger partial charge in [-0.3, -0.25) is 9.78 Å². The summed E-state index contributed by atoms with van der Waals surface area (Å²) < 4.78 is 0. The summed E-state index contributed by atoms with van der Waals surface area (Å²) in [7, 11) is 0. The Labute approximate surface area is 104 Å². The van der Waals surface area contributed by atoms with Crippen LogP contribution in [0.3, 0.4) is 0 Å². The minimum Gasteiger partial charge on any atom is -0.352 e. The molecule has 1 aromatic heterocycles. The van der Waals surface area contributed by atoms with Crippen molar-refractivity contribution < 1.29 is 0 Å². The number of fused-ring (bicyclic) bond motifs is 1. The molecular weight excluding hydrogens is 228 g/mol. The zero-order valence-corrected chi connectivity index (χ0v) is 9.86. The first-order valence-electron chi connectivity index (χ1n) is 5.93. The van der Waals surface area contributed by atoms with Gasteiger partial charge in [0.2, 0.25) is 5.95 Å². The molecule has 0 spiro atoms. The molecule has 3 rings (SSSR count). The van der Waals surface area contributed by atoms with Crippen LogP contribution >= 0.6 is 0 Å². The van der Waals surface area contributed by atoms with Crippen molar-refractivity contribution in [2.75, 3.05) is 5.32 Å². The van der Waals surface area contributed by atoms with Crippen molar-refractivity contribution in [2.24, 2.45) is 0 Å². The van der Waals surface area contributed by atoms with Crippen LogP contribution in [0.25, 0.3) is 0 Å². The second kappa shape index (κ2) is 4.62. The second-order valence-electron chi connectivity index (χ2n) is 4.28. The topological polar surface area (TPSA) is 69.8 Å². The average Bonchev–Trinajstić information content (AvgIpc) is 2.86. The van der Waals surface area contributed by atoms with E-state index in [2.05, 4.69) is 20.6 Å². The summed E-state index contributed by atoms with van der Waals surface area (Å²) in [5, 5.41) is 6.26. The Morgan fingerprint density at radius 2 is 2.06 bits per heavy atom. The molecule has 1 aliphatic rings. The number of aromatic amines is 1. The van der Waals surface area contributed by atoms with Gasteiger partial charge in [-0.25, -0.2) is 4.98 Å². The van der Waals surface area contributed by atoms with Crippen molar-refractivity contribution in [3.05, 3.63) is 57.5 Å². The minimum absolute atomic E-state index is 0.0550. The van der Waals surface area contributed by atoms with E-state index in [4.69, 9.17) is 0 Å². The summed E-state index contributed by atoms with van der Waals surface area (Å²) in [6.45, 7) is 1.92. The maximum atomic E-state index is 11.8. The van der Waals surface area contributed by atoms with Gasteiger partial charge in [-0.15, -0.1) is 0 Å². The second-order valence-corrected chi connectivity index (χ2v) is 4.28. The van der Waals surface area contributed by atoms with Crippen LogP contribution < -0.4 is 16.2 Å². The van der Waals surface area contributed by atoms with Crippen molar-refractivity contribution in [1.29, 1.82) is 0 Å². The van der Waals surface area contributed by atoms with Gasteiger partial charge in [-0.05, 0) is 5.56 Å². The molecule has 2 heterocycles. The van der Waals surface area contributed by atoms with Gasteiger partial charge in [0, 0.05) is 19.6 Å². The maximum Gasteiger partial charge on any atom is 0.257 e. The Bertz CT molecular complexity index is 606. The molecule has 92 valence electrons. The number of H-pyrrole nitrogens is 1. The third kappa shape index (κ3) is 2.12. The molecule has 0 aliphatic carbocycles. The zero-order chi connectivity index (χ0) is 12.4.